The van der Waals surface area contributed by atoms with Crippen molar-refractivity contribution in [2.45, 2.75) is 56.6 Å². The van der Waals surface area contributed by atoms with Crippen LogP contribution in [0.25, 0.3) is 11.1 Å². The summed E-state index contributed by atoms with van der Waals surface area (Å²) in [6, 6.07) is 10.5. The van der Waals surface area contributed by atoms with Crippen LogP contribution in [0.3, 0.4) is 0 Å². The monoisotopic (exact) mass is 572 g/mol. The summed E-state index contributed by atoms with van der Waals surface area (Å²) in [5, 5.41) is 45.0. The second-order valence-corrected chi connectivity index (χ2v) is 12.5. The summed E-state index contributed by atoms with van der Waals surface area (Å²) in [6.07, 6.45) is 6.43. The van der Waals surface area contributed by atoms with Crippen molar-refractivity contribution in [1.29, 1.82) is 0 Å². The summed E-state index contributed by atoms with van der Waals surface area (Å²) in [4.78, 5) is 41.1. The van der Waals surface area contributed by atoms with Crippen LogP contribution in [-0.2, 0) is 22.4 Å². The highest BCUT2D eigenvalue weighted by Gasteiger charge is 2.63. The van der Waals surface area contributed by atoms with Crippen LogP contribution in [0.5, 0.6) is 5.75 Å². The molecule has 6 N–H and O–H groups in total. The van der Waals surface area contributed by atoms with Gasteiger partial charge in [0.2, 0.25) is 5.78 Å². The van der Waals surface area contributed by atoms with E-state index in [0.717, 1.165) is 17.5 Å². The third-order valence-electron chi connectivity index (χ3n) is 9.87. The summed E-state index contributed by atoms with van der Waals surface area (Å²) >= 11 is 0. The van der Waals surface area contributed by atoms with E-state index in [4.69, 9.17) is 5.73 Å². The Balaban J connectivity index is 1.43. The molecular formula is C33H36N2O7. The van der Waals surface area contributed by atoms with Gasteiger partial charge in [0.05, 0.1) is 11.6 Å². The normalized spacial score (nSPS) is 27.8. The number of nitrogens with two attached hydrogens (primary N) is 1. The molecule has 4 aliphatic rings. The molecule has 1 unspecified atom stereocenters. The van der Waals surface area contributed by atoms with Crippen LogP contribution in [0, 0.1) is 17.8 Å². The molecule has 6 rings (SSSR count). The lowest BCUT2D eigenvalue weighted by Crippen LogP contribution is -2.63. The van der Waals surface area contributed by atoms with Gasteiger partial charge in [-0.3, -0.25) is 19.3 Å². The van der Waals surface area contributed by atoms with Gasteiger partial charge in [0.25, 0.3) is 5.91 Å². The molecule has 9 heteroatoms. The zero-order chi connectivity index (χ0) is 30.1. The van der Waals surface area contributed by atoms with E-state index < -0.39 is 58.0 Å². The van der Waals surface area contributed by atoms with Crippen molar-refractivity contribution in [2.75, 3.05) is 14.1 Å². The topological polar surface area (TPSA) is 161 Å². The molecule has 4 aliphatic carbocycles. The summed E-state index contributed by atoms with van der Waals surface area (Å²) in [6.45, 7) is 0. The minimum atomic E-state index is -2.65. The highest BCUT2D eigenvalue weighted by atomic mass is 16.3. The number of carbonyl (C=O) groups is 3. The molecule has 42 heavy (non-hydrogen) atoms. The number of carbonyl (C=O) groups excluding carboxylic acids is 3. The molecule has 0 radical (unpaired) electrons. The third-order valence-corrected chi connectivity index (χ3v) is 9.87. The molecule has 1 amide bonds. The Morgan fingerprint density at radius 2 is 1.69 bits per heavy atom. The maximum Gasteiger partial charge on any atom is 0.255 e. The molecule has 0 bridgehead atoms. The first-order valence-corrected chi connectivity index (χ1v) is 14.5. The number of Topliss-reactive ketones (excluding diaryl/α,β-unsaturated/α-hetero) is 2. The fourth-order valence-electron chi connectivity index (χ4n) is 7.89. The molecule has 4 atom stereocenters. The zero-order valence-corrected chi connectivity index (χ0v) is 23.8. The quantitative estimate of drug-likeness (QED) is 0.340. The van der Waals surface area contributed by atoms with Crippen molar-refractivity contribution in [1.82, 2.24) is 4.90 Å². The lowest BCUT2D eigenvalue weighted by Gasteiger charge is -2.50. The first kappa shape index (κ1) is 28.2. The number of fused-ring (bicyclic) bond motifs is 3. The number of hydrogen-bond acceptors (Lipinski definition) is 8. The number of amides is 1. The Hall–Kier alpha value is -3.95. The van der Waals surface area contributed by atoms with E-state index in [-0.39, 0.29) is 29.7 Å². The number of benzene rings is 2. The summed E-state index contributed by atoms with van der Waals surface area (Å²) in [5.74, 6) is -5.83. The number of aliphatic hydroxyl groups is 3. The van der Waals surface area contributed by atoms with E-state index in [0.29, 0.717) is 11.5 Å². The molecule has 0 heterocycles. The number of hydrogen-bond donors (Lipinski definition) is 5. The van der Waals surface area contributed by atoms with Crippen LogP contribution < -0.4 is 5.73 Å². The number of phenols is 1. The second kappa shape index (κ2) is 10.1. The van der Waals surface area contributed by atoms with Gasteiger partial charge in [-0.2, -0.15) is 0 Å². The number of ketones is 2. The molecule has 0 aliphatic heterocycles. The number of aromatic hydroxyl groups is 1. The molecule has 9 nitrogen and oxygen atoms in total. The van der Waals surface area contributed by atoms with Gasteiger partial charge in [0.15, 0.2) is 11.4 Å². The molecule has 220 valence electrons. The Morgan fingerprint density at radius 1 is 1.02 bits per heavy atom. The van der Waals surface area contributed by atoms with Crippen LogP contribution >= 0.6 is 0 Å². The molecule has 0 spiro atoms. The lowest BCUT2D eigenvalue weighted by molar-refractivity contribution is -0.148. The van der Waals surface area contributed by atoms with Gasteiger partial charge >= 0.3 is 0 Å². The van der Waals surface area contributed by atoms with Crippen molar-refractivity contribution in [3.05, 3.63) is 75.8 Å². The highest BCUT2D eigenvalue weighted by Crippen LogP contribution is 2.53. The van der Waals surface area contributed by atoms with E-state index in [1.807, 2.05) is 12.1 Å². The second-order valence-electron chi connectivity index (χ2n) is 12.5. The van der Waals surface area contributed by atoms with Gasteiger partial charge < -0.3 is 26.2 Å². The smallest absolute Gasteiger partial charge is 0.255 e. The highest BCUT2D eigenvalue weighted by molar-refractivity contribution is 6.24. The molecule has 1 fully saturated rings. The molecule has 2 aromatic rings. The van der Waals surface area contributed by atoms with Crippen molar-refractivity contribution < 1.29 is 34.8 Å². The van der Waals surface area contributed by atoms with Crippen molar-refractivity contribution in [3.63, 3.8) is 0 Å². The van der Waals surface area contributed by atoms with Crippen LogP contribution in [0.15, 0.2) is 59.1 Å². The molecular weight excluding hydrogens is 536 g/mol. The van der Waals surface area contributed by atoms with Crippen LogP contribution in [0.1, 0.15) is 53.6 Å². The number of primary amides is 1. The van der Waals surface area contributed by atoms with Crippen LogP contribution in [0.2, 0.25) is 0 Å². The lowest BCUT2D eigenvalue weighted by atomic mass is 9.58. The standard InChI is InChI=1S/C33H36N2O7/c1-35(2)27-22-15-19-14-21-20(18-9-7-17(8-10-18)13-16-5-3-4-6-16)11-12-23(36)25(21)28(37)24(19)30(39)33(22,42)31(40)26(29(27)38)32(34)41/h7-12,16,19,22,27,36,38-39,42H,3-6,13-15H2,1-2H3,(H2,34,41)/t19-,22-,27?,33-/m1/s1. The SMILES string of the molecule is CN(C)C1C(O)=C(C(N)=O)C(=O)[C@]2(O)C(O)=C3C(=O)c4c(O)ccc(-c5ccc(CC6CCCC6)cc5)c4C[C@@H]3C[C@H]12. The predicted molar refractivity (Wildman–Crippen MR) is 155 cm³/mol. The maximum atomic E-state index is 14.0. The van der Waals surface area contributed by atoms with E-state index in [1.165, 1.54) is 37.3 Å². The van der Waals surface area contributed by atoms with Gasteiger partial charge in [-0.15, -0.1) is 0 Å². The molecule has 2 aromatic carbocycles. The number of likely N-dealkylation sites (N-methyl/N-ethyl adjacent to an activating group) is 1. The summed E-state index contributed by atoms with van der Waals surface area (Å²) < 4.78 is 0. The summed E-state index contributed by atoms with van der Waals surface area (Å²) in [5.41, 5.74) is 5.35. The number of phenolic OH excluding ortho intramolecular Hbond substituents is 1. The fourth-order valence-corrected chi connectivity index (χ4v) is 7.89. The first-order chi connectivity index (χ1) is 19.9. The van der Waals surface area contributed by atoms with E-state index in [2.05, 4.69) is 12.1 Å². The number of nitrogens with zero attached hydrogens (tertiary/aromatic N) is 1. The van der Waals surface area contributed by atoms with Gasteiger partial charge in [-0.1, -0.05) is 56.0 Å². The molecule has 1 saturated carbocycles. The average Bonchev–Trinajstić information content (AvgIpc) is 3.44. The summed E-state index contributed by atoms with van der Waals surface area (Å²) in [7, 11) is 3.22. The maximum absolute atomic E-state index is 14.0. The third kappa shape index (κ3) is 4.09. The van der Waals surface area contributed by atoms with E-state index >= 15 is 0 Å². The van der Waals surface area contributed by atoms with Crippen molar-refractivity contribution >= 4 is 17.5 Å². The van der Waals surface area contributed by atoms with E-state index in [9.17, 15) is 34.8 Å². The van der Waals surface area contributed by atoms with Crippen molar-refractivity contribution in [3.8, 4) is 16.9 Å². The Kier molecular flexibility index (Phi) is 6.78. The fraction of sp³-hybridized carbons (Fsp3) is 0.424. The Morgan fingerprint density at radius 3 is 2.31 bits per heavy atom. The Bertz CT molecular complexity index is 1570. The zero-order valence-electron chi connectivity index (χ0n) is 23.8. The Labute approximate surface area is 244 Å². The number of rotatable bonds is 5. The van der Waals surface area contributed by atoms with Gasteiger partial charge in [-0.25, -0.2) is 0 Å². The average molecular weight is 573 g/mol. The van der Waals surface area contributed by atoms with E-state index in [1.54, 1.807) is 25.1 Å². The van der Waals surface area contributed by atoms with Gasteiger partial charge in [0, 0.05) is 11.5 Å². The number of aliphatic hydroxyl groups excluding tert-OH is 2. The predicted octanol–water partition coefficient (Wildman–Crippen LogP) is 3.52. The van der Waals surface area contributed by atoms with Crippen LogP contribution in [0.4, 0.5) is 0 Å². The van der Waals surface area contributed by atoms with Gasteiger partial charge in [0.1, 0.15) is 22.8 Å². The molecule has 0 saturated heterocycles. The van der Waals surface area contributed by atoms with Crippen LogP contribution in [-0.4, -0.2) is 68.5 Å². The van der Waals surface area contributed by atoms with Gasteiger partial charge in [-0.05, 0) is 73.5 Å². The molecule has 0 aromatic heterocycles. The minimum Gasteiger partial charge on any atom is -0.510 e. The largest absolute Gasteiger partial charge is 0.510 e. The first-order valence-electron chi connectivity index (χ1n) is 14.5. The van der Waals surface area contributed by atoms with Crippen molar-refractivity contribution in [2.24, 2.45) is 23.5 Å². The number of allylic oxidation sites excluding steroid dienone is 1. The minimum absolute atomic E-state index is 0.0170.